The Labute approximate surface area is 173 Å². The molecule has 0 spiro atoms. The van der Waals surface area contributed by atoms with E-state index in [1.807, 2.05) is 6.92 Å². The molecule has 2 rings (SSSR count). The van der Waals surface area contributed by atoms with Crippen LogP contribution in [-0.4, -0.2) is 29.2 Å². The minimum atomic E-state index is -4.17. The summed E-state index contributed by atoms with van der Waals surface area (Å²) in [6, 6.07) is 9.77. The zero-order valence-electron chi connectivity index (χ0n) is 16.5. The Balaban J connectivity index is 2.43. The molecule has 2 N–H and O–H groups in total. The monoisotopic (exact) mass is 434 g/mol. The quantitative estimate of drug-likeness (QED) is 0.401. The van der Waals surface area contributed by atoms with Gasteiger partial charge in [0.25, 0.3) is 0 Å². The zero-order chi connectivity index (χ0) is 21.8. The van der Waals surface area contributed by atoms with Gasteiger partial charge in [0, 0.05) is 11.9 Å². The minimum absolute atomic E-state index is 0.0433. The molecule has 0 radical (unpaired) electrons. The van der Waals surface area contributed by atoms with Crippen LogP contribution < -0.4 is 5.73 Å². The van der Waals surface area contributed by atoms with E-state index in [1.165, 1.54) is 18.3 Å². The smallest absolute Gasteiger partial charge is 0.358 e. The van der Waals surface area contributed by atoms with E-state index in [-0.39, 0.29) is 27.1 Å². The highest BCUT2D eigenvalue weighted by atomic mass is 32.2. The van der Waals surface area contributed by atoms with Gasteiger partial charge in [-0.2, -0.15) is 13.7 Å². The Morgan fingerprint density at radius 2 is 1.97 bits per heavy atom. The van der Waals surface area contributed by atoms with Gasteiger partial charge in [-0.05, 0) is 49.7 Å². The van der Waals surface area contributed by atoms with E-state index in [2.05, 4.69) is 16.2 Å². The Morgan fingerprint density at radius 3 is 2.52 bits per heavy atom. The highest BCUT2D eigenvalue weighted by Gasteiger charge is 2.24. The van der Waals surface area contributed by atoms with Crippen molar-refractivity contribution in [1.29, 1.82) is 5.26 Å². The van der Waals surface area contributed by atoms with Gasteiger partial charge < -0.3 is 5.73 Å². The number of rotatable bonds is 7. The Bertz CT molecular complexity index is 1100. The molecule has 0 saturated carbocycles. The fourth-order valence-electron chi connectivity index (χ4n) is 2.25. The van der Waals surface area contributed by atoms with Crippen LogP contribution in [0.4, 0.5) is 0 Å². The van der Waals surface area contributed by atoms with Crippen molar-refractivity contribution in [3.63, 3.8) is 0 Å². The fraction of sp³-hybridized carbons (Fsp3) is 0.316. The van der Waals surface area contributed by atoms with Crippen molar-refractivity contribution in [3.8, 4) is 6.07 Å². The molecule has 0 bridgehead atoms. The van der Waals surface area contributed by atoms with Crippen LogP contribution in [0.25, 0.3) is 0 Å². The maximum Gasteiger partial charge on any atom is 0.358 e. The van der Waals surface area contributed by atoms with E-state index in [9.17, 15) is 17.9 Å². The third-order valence-corrected chi connectivity index (χ3v) is 6.59. The number of amidine groups is 1. The summed E-state index contributed by atoms with van der Waals surface area (Å²) in [6.07, 6.45) is 1.42. The largest absolute Gasteiger partial charge is 0.379 e. The number of benzene rings is 1. The predicted molar refractivity (Wildman–Crippen MR) is 110 cm³/mol. The van der Waals surface area contributed by atoms with Crippen LogP contribution in [0, 0.1) is 18.3 Å². The van der Waals surface area contributed by atoms with Crippen LogP contribution in [0.3, 0.4) is 0 Å². The molecule has 2 aromatic rings. The van der Waals surface area contributed by atoms with E-state index in [0.29, 0.717) is 5.56 Å². The lowest BCUT2D eigenvalue weighted by molar-refractivity contribution is 0.338. The highest BCUT2D eigenvalue weighted by Crippen LogP contribution is 2.25. The third kappa shape index (κ3) is 5.19. The number of nitriles is 1. The van der Waals surface area contributed by atoms with E-state index in [1.54, 1.807) is 39.0 Å². The van der Waals surface area contributed by atoms with E-state index in [4.69, 9.17) is 10.0 Å². The molecule has 0 unspecified atom stereocenters. The molecule has 0 aliphatic carbocycles. The summed E-state index contributed by atoms with van der Waals surface area (Å²) in [5, 5.41) is 12.8. The van der Waals surface area contributed by atoms with Crippen molar-refractivity contribution in [2.24, 2.45) is 10.9 Å². The lowest BCUT2D eigenvalue weighted by Gasteiger charge is -2.17. The second-order valence-corrected chi connectivity index (χ2v) is 10.00. The first-order valence-corrected chi connectivity index (χ1v) is 11.4. The van der Waals surface area contributed by atoms with Crippen molar-refractivity contribution in [3.05, 3.63) is 53.3 Å². The first kappa shape index (κ1) is 22.5. The molecule has 0 fully saturated rings. The zero-order valence-corrected chi connectivity index (χ0v) is 18.2. The van der Waals surface area contributed by atoms with Crippen molar-refractivity contribution in [2.75, 3.05) is 5.75 Å². The fourth-order valence-corrected chi connectivity index (χ4v) is 3.93. The maximum absolute atomic E-state index is 12.5. The van der Waals surface area contributed by atoms with Crippen LogP contribution in [0.2, 0.25) is 0 Å². The number of nitrogens with zero attached hydrogens (tertiary/aromatic N) is 3. The summed E-state index contributed by atoms with van der Waals surface area (Å²) in [4.78, 5) is 4.35. The Kier molecular flexibility index (Phi) is 6.77. The Hall–Kier alpha value is -2.77. The Morgan fingerprint density at radius 1 is 1.34 bits per heavy atom. The van der Waals surface area contributed by atoms with Gasteiger partial charge in [0.2, 0.25) is 0 Å². The number of nitrogens with two attached hydrogens (primary N) is 1. The van der Waals surface area contributed by atoms with E-state index < -0.39 is 26.3 Å². The molecule has 0 amide bonds. The van der Waals surface area contributed by atoms with Gasteiger partial charge in [-0.3, -0.25) is 13.5 Å². The van der Waals surface area contributed by atoms with Crippen LogP contribution in [-0.2, 0) is 30.6 Å². The molecule has 8 nitrogen and oxygen atoms in total. The van der Waals surface area contributed by atoms with Gasteiger partial charge in [-0.1, -0.05) is 24.6 Å². The van der Waals surface area contributed by atoms with Gasteiger partial charge in [-0.25, -0.2) is 0 Å². The molecule has 1 atom stereocenters. The summed E-state index contributed by atoms with van der Waals surface area (Å²) < 4.78 is 41.7. The van der Waals surface area contributed by atoms with Crippen molar-refractivity contribution < 1.29 is 16.9 Å². The number of aromatic nitrogens is 1. The normalized spacial score (nSPS) is 13.6. The highest BCUT2D eigenvalue weighted by molar-refractivity contribution is 7.86. The molecule has 154 valence electrons. The lowest BCUT2D eigenvalue weighted by atomic mass is 9.87. The van der Waals surface area contributed by atoms with Crippen LogP contribution in [0.15, 0.2) is 51.5 Å². The van der Waals surface area contributed by atoms with Crippen molar-refractivity contribution >= 4 is 26.8 Å². The van der Waals surface area contributed by atoms with Gasteiger partial charge >= 0.3 is 10.1 Å². The van der Waals surface area contributed by atoms with Crippen LogP contribution in [0.1, 0.15) is 37.6 Å². The van der Waals surface area contributed by atoms with Gasteiger partial charge in [0.15, 0.2) is 5.84 Å². The van der Waals surface area contributed by atoms with Crippen molar-refractivity contribution in [1.82, 2.24) is 4.98 Å². The molecular formula is C19H22N4O4S2. The maximum atomic E-state index is 12.5. The second-order valence-electron chi connectivity index (χ2n) is 6.76. The molecular weight excluding hydrogens is 412 g/mol. The van der Waals surface area contributed by atoms with E-state index in [0.717, 1.165) is 5.56 Å². The topological polar surface area (TPSA) is 136 Å². The van der Waals surface area contributed by atoms with E-state index >= 15 is 0 Å². The number of oxime groups is 1. The number of hydrogen-bond acceptors (Lipinski definition) is 7. The minimum Gasteiger partial charge on any atom is -0.379 e. The molecule has 29 heavy (non-hydrogen) atoms. The number of aryl methyl sites for hydroxylation is 1. The second kappa shape index (κ2) is 8.71. The predicted octanol–water partition coefficient (Wildman–Crippen LogP) is 2.34. The van der Waals surface area contributed by atoms with Gasteiger partial charge in [0.05, 0.1) is 27.2 Å². The molecule has 1 aromatic carbocycles. The molecule has 0 saturated heterocycles. The summed E-state index contributed by atoms with van der Waals surface area (Å²) in [7, 11) is -5.64. The molecule has 0 aliphatic rings. The first-order chi connectivity index (χ1) is 13.5. The van der Waals surface area contributed by atoms with Crippen LogP contribution in [0.5, 0.6) is 0 Å². The summed E-state index contributed by atoms with van der Waals surface area (Å²) in [6.45, 7) is 6.95. The molecule has 1 heterocycles. The first-order valence-electron chi connectivity index (χ1n) is 8.66. The average molecular weight is 435 g/mol. The third-order valence-electron chi connectivity index (χ3n) is 4.15. The SMILES string of the molecule is CC[S@@](=O)c1cc(C(C)(C)C#N)cnc1/C(N)=N/OS(=O)(=O)c1ccc(C)cc1. The van der Waals surface area contributed by atoms with Gasteiger partial charge in [-0.15, -0.1) is 0 Å². The standard InChI is InChI=1S/C19H22N4O4S2/c1-5-28(24)16-10-14(19(3,4)12-20)11-22-17(16)18(21)23-27-29(25,26)15-8-6-13(2)7-9-15/h6-11H,5H2,1-4H3,(H2,21,23)/t28-/m1/s1. The van der Waals surface area contributed by atoms with Gasteiger partial charge in [0.1, 0.15) is 10.6 Å². The average Bonchev–Trinajstić information content (AvgIpc) is 2.71. The molecule has 0 aliphatic heterocycles. The molecule has 1 aromatic heterocycles. The van der Waals surface area contributed by atoms with Crippen molar-refractivity contribution in [2.45, 2.75) is 42.9 Å². The lowest BCUT2D eigenvalue weighted by Crippen LogP contribution is -2.22. The summed E-state index contributed by atoms with van der Waals surface area (Å²) in [5.41, 5.74) is 6.53. The van der Waals surface area contributed by atoms with Crippen LogP contribution >= 0.6 is 0 Å². The number of hydrogen-bond donors (Lipinski definition) is 1. The number of pyridine rings is 1. The summed E-state index contributed by atoms with van der Waals surface area (Å²) >= 11 is 0. The molecule has 10 heteroatoms. The summed E-state index contributed by atoms with van der Waals surface area (Å²) in [5.74, 6) is -0.0558.